The smallest absolute Gasteiger partial charge is 0.475 e. The first-order valence-electron chi connectivity index (χ1n) is 9.45. The first-order valence-corrected chi connectivity index (χ1v) is 9.45. The highest BCUT2D eigenvalue weighted by Crippen LogP contribution is 2.29. The fraction of sp³-hybridized carbons (Fsp3) is 0.526. The number of rotatable bonds is 4. The summed E-state index contributed by atoms with van der Waals surface area (Å²) in [6.07, 6.45) is 4.00. The molecule has 10 heteroatoms. The minimum atomic E-state index is -5.08. The number of ether oxygens (including phenoxy) is 1. The van der Waals surface area contributed by atoms with E-state index in [-0.39, 0.29) is 6.04 Å². The van der Waals surface area contributed by atoms with E-state index >= 15 is 0 Å². The minimum absolute atomic E-state index is 0.265. The van der Waals surface area contributed by atoms with Crippen LogP contribution in [0, 0.1) is 0 Å². The van der Waals surface area contributed by atoms with Gasteiger partial charge in [0.05, 0.1) is 11.7 Å². The van der Waals surface area contributed by atoms with Gasteiger partial charge in [-0.25, -0.2) is 9.78 Å². The van der Waals surface area contributed by atoms with Crippen LogP contribution in [0.5, 0.6) is 5.88 Å². The number of carboxylic acid groups (broad SMARTS) is 1. The van der Waals surface area contributed by atoms with Crippen LogP contribution in [0.4, 0.5) is 13.2 Å². The van der Waals surface area contributed by atoms with Gasteiger partial charge < -0.3 is 9.84 Å². The Bertz CT molecular complexity index is 791. The first-order chi connectivity index (χ1) is 13.8. The lowest BCUT2D eigenvalue weighted by atomic mass is 10.1. The van der Waals surface area contributed by atoms with Crippen molar-refractivity contribution in [1.29, 1.82) is 0 Å². The van der Waals surface area contributed by atoms with Gasteiger partial charge in [-0.3, -0.25) is 9.58 Å². The molecule has 0 saturated heterocycles. The molecule has 1 aliphatic heterocycles. The van der Waals surface area contributed by atoms with E-state index in [1.54, 1.807) is 6.20 Å². The van der Waals surface area contributed by atoms with Crippen molar-refractivity contribution in [1.82, 2.24) is 19.7 Å². The average Bonchev–Trinajstić information content (AvgIpc) is 3.38. The zero-order valence-corrected chi connectivity index (χ0v) is 15.8. The van der Waals surface area contributed by atoms with Crippen molar-refractivity contribution < 1.29 is 27.8 Å². The van der Waals surface area contributed by atoms with Gasteiger partial charge in [0.2, 0.25) is 5.88 Å². The number of hydrogen-bond donors (Lipinski definition) is 1. The SMILES string of the molecule is O=C(O)C(F)(F)F.c1ccc(OCC2CN(C3CCCC3)Cc3ccnn32)nc1. The van der Waals surface area contributed by atoms with E-state index in [2.05, 4.69) is 25.7 Å². The Labute approximate surface area is 166 Å². The Kier molecular flexibility index (Phi) is 6.73. The summed E-state index contributed by atoms with van der Waals surface area (Å²) in [7, 11) is 0. The van der Waals surface area contributed by atoms with Gasteiger partial charge in [-0.05, 0) is 25.0 Å². The van der Waals surface area contributed by atoms with Crippen LogP contribution >= 0.6 is 0 Å². The molecule has 158 valence electrons. The van der Waals surface area contributed by atoms with Crippen molar-refractivity contribution in [3.05, 3.63) is 42.4 Å². The van der Waals surface area contributed by atoms with E-state index in [4.69, 9.17) is 14.6 Å². The number of nitrogens with zero attached hydrogens (tertiary/aromatic N) is 4. The molecular formula is C19H23F3N4O3. The molecule has 29 heavy (non-hydrogen) atoms. The Morgan fingerprint density at radius 3 is 2.55 bits per heavy atom. The van der Waals surface area contributed by atoms with E-state index in [0.717, 1.165) is 19.1 Å². The van der Waals surface area contributed by atoms with Crippen molar-refractivity contribution in [2.24, 2.45) is 0 Å². The number of aromatic nitrogens is 3. The van der Waals surface area contributed by atoms with Crippen molar-refractivity contribution in [2.75, 3.05) is 13.2 Å². The van der Waals surface area contributed by atoms with Gasteiger partial charge in [0.25, 0.3) is 0 Å². The fourth-order valence-electron chi connectivity index (χ4n) is 3.70. The molecule has 1 N–H and O–H groups in total. The van der Waals surface area contributed by atoms with Crippen LogP contribution < -0.4 is 4.74 Å². The lowest BCUT2D eigenvalue weighted by Gasteiger charge is -2.37. The van der Waals surface area contributed by atoms with E-state index in [0.29, 0.717) is 12.5 Å². The summed E-state index contributed by atoms with van der Waals surface area (Å²) in [5.74, 6) is -2.07. The lowest BCUT2D eigenvalue weighted by Crippen LogP contribution is -2.44. The molecule has 0 bridgehead atoms. The molecule has 4 rings (SSSR count). The number of halogens is 3. The molecule has 0 radical (unpaired) electrons. The van der Waals surface area contributed by atoms with E-state index < -0.39 is 12.1 Å². The van der Waals surface area contributed by atoms with Crippen LogP contribution in [0.15, 0.2) is 36.7 Å². The molecule has 2 aromatic heterocycles. The molecule has 2 aromatic rings. The number of hydrogen-bond acceptors (Lipinski definition) is 5. The van der Waals surface area contributed by atoms with Crippen molar-refractivity contribution >= 4 is 5.97 Å². The van der Waals surface area contributed by atoms with Gasteiger partial charge in [-0.2, -0.15) is 18.3 Å². The van der Waals surface area contributed by atoms with Crippen LogP contribution in [-0.2, 0) is 11.3 Å². The van der Waals surface area contributed by atoms with E-state index in [1.165, 1.54) is 31.4 Å². The number of carbonyl (C=O) groups is 1. The van der Waals surface area contributed by atoms with Crippen LogP contribution in [0.3, 0.4) is 0 Å². The van der Waals surface area contributed by atoms with Crippen LogP contribution in [0.25, 0.3) is 0 Å². The third-order valence-corrected chi connectivity index (χ3v) is 5.05. The standard InChI is InChI=1S/C17H22N4O.C2HF3O2/c1-2-6-14(5-1)20-11-15-8-10-19-21(15)16(12-20)13-22-17-7-3-4-9-18-17;3-2(4,5)1(6)7/h3-4,7-10,14,16H,1-2,5-6,11-13H2;(H,6,7). The topological polar surface area (TPSA) is 80.5 Å². The van der Waals surface area contributed by atoms with Gasteiger partial charge in [0.15, 0.2) is 0 Å². The molecular weight excluding hydrogens is 389 g/mol. The van der Waals surface area contributed by atoms with Gasteiger partial charge in [-0.1, -0.05) is 18.9 Å². The predicted octanol–water partition coefficient (Wildman–Crippen LogP) is 3.29. The molecule has 2 aliphatic rings. The summed E-state index contributed by atoms with van der Waals surface area (Å²) >= 11 is 0. The highest BCUT2D eigenvalue weighted by atomic mass is 19.4. The molecule has 1 saturated carbocycles. The van der Waals surface area contributed by atoms with Gasteiger partial charge in [0.1, 0.15) is 6.61 Å². The first kappa shape index (κ1) is 21.1. The third-order valence-electron chi connectivity index (χ3n) is 5.05. The molecule has 3 heterocycles. The number of alkyl halides is 3. The van der Waals surface area contributed by atoms with Crippen LogP contribution in [-0.4, -0.2) is 56.1 Å². The third kappa shape index (κ3) is 5.69. The number of pyridine rings is 1. The van der Waals surface area contributed by atoms with E-state index in [1.807, 2.05) is 24.4 Å². The second-order valence-corrected chi connectivity index (χ2v) is 7.07. The normalized spacial score (nSPS) is 19.9. The largest absolute Gasteiger partial charge is 0.490 e. The molecule has 1 fully saturated rings. The maximum Gasteiger partial charge on any atom is 0.490 e. The second kappa shape index (κ2) is 9.25. The number of fused-ring (bicyclic) bond motifs is 1. The Hall–Kier alpha value is -2.62. The summed E-state index contributed by atoms with van der Waals surface area (Å²) in [4.78, 5) is 15.8. The molecule has 0 aromatic carbocycles. The molecule has 0 spiro atoms. The monoisotopic (exact) mass is 412 g/mol. The quantitative estimate of drug-likeness (QED) is 0.830. The van der Waals surface area contributed by atoms with Gasteiger partial charge in [-0.15, -0.1) is 0 Å². The summed E-state index contributed by atoms with van der Waals surface area (Å²) in [5, 5.41) is 11.6. The molecule has 1 atom stereocenters. The zero-order valence-electron chi connectivity index (χ0n) is 15.8. The van der Waals surface area contributed by atoms with Crippen molar-refractivity contribution in [3.8, 4) is 5.88 Å². The fourth-order valence-corrected chi connectivity index (χ4v) is 3.70. The highest BCUT2D eigenvalue weighted by Gasteiger charge is 2.38. The zero-order chi connectivity index (χ0) is 20.9. The minimum Gasteiger partial charge on any atom is -0.475 e. The summed E-state index contributed by atoms with van der Waals surface area (Å²) in [5.41, 5.74) is 1.30. The molecule has 0 amide bonds. The maximum absolute atomic E-state index is 10.6. The van der Waals surface area contributed by atoms with Crippen molar-refractivity contribution in [2.45, 2.75) is 50.5 Å². The highest BCUT2D eigenvalue weighted by molar-refractivity contribution is 5.73. The summed E-state index contributed by atoms with van der Waals surface area (Å²) in [6.45, 7) is 2.66. The van der Waals surface area contributed by atoms with Crippen LogP contribution in [0.2, 0.25) is 0 Å². The van der Waals surface area contributed by atoms with Gasteiger partial charge >= 0.3 is 12.1 Å². The number of aliphatic carboxylic acids is 1. The Morgan fingerprint density at radius 2 is 1.93 bits per heavy atom. The van der Waals surface area contributed by atoms with E-state index in [9.17, 15) is 13.2 Å². The maximum atomic E-state index is 10.6. The van der Waals surface area contributed by atoms with Gasteiger partial charge in [0, 0.05) is 37.6 Å². The second-order valence-electron chi connectivity index (χ2n) is 7.07. The Balaban J connectivity index is 0.000000298. The summed E-state index contributed by atoms with van der Waals surface area (Å²) < 4.78 is 39.8. The molecule has 7 nitrogen and oxygen atoms in total. The van der Waals surface area contributed by atoms with Crippen LogP contribution in [0.1, 0.15) is 37.4 Å². The lowest BCUT2D eigenvalue weighted by molar-refractivity contribution is -0.192. The summed E-state index contributed by atoms with van der Waals surface area (Å²) in [6, 6.07) is 8.90. The molecule has 1 unspecified atom stereocenters. The number of carboxylic acids is 1. The molecule has 1 aliphatic carbocycles. The van der Waals surface area contributed by atoms with Crippen molar-refractivity contribution in [3.63, 3.8) is 0 Å². The Morgan fingerprint density at radius 1 is 1.21 bits per heavy atom. The predicted molar refractivity (Wildman–Crippen MR) is 97.4 cm³/mol. The average molecular weight is 412 g/mol.